The number of anilines is 2. The molecule has 2 amide bonds. The molecule has 6 heteroatoms. The van der Waals surface area contributed by atoms with Gasteiger partial charge in [0.25, 0.3) is 0 Å². The van der Waals surface area contributed by atoms with Gasteiger partial charge in [0.1, 0.15) is 11.5 Å². The Morgan fingerprint density at radius 2 is 2.04 bits per heavy atom. The Labute approximate surface area is 139 Å². The van der Waals surface area contributed by atoms with Crippen molar-refractivity contribution in [3.8, 4) is 11.5 Å². The van der Waals surface area contributed by atoms with E-state index >= 15 is 0 Å². The molecule has 0 aliphatic carbocycles. The van der Waals surface area contributed by atoms with Gasteiger partial charge in [0, 0.05) is 5.69 Å². The third-order valence-corrected chi connectivity index (χ3v) is 3.47. The summed E-state index contributed by atoms with van der Waals surface area (Å²) in [7, 11) is 0. The van der Waals surface area contributed by atoms with Crippen molar-refractivity contribution >= 4 is 23.2 Å². The van der Waals surface area contributed by atoms with Gasteiger partial charge >= 0.3 is 0 Å². The Hall–Kier alpha value is -3.02. The van der Waals surface area contributed by atoms with Crippen LogP contribution in [0.5, 0.6) is 11.5 Å². The summed E-state index contributed by atoms with van der Waals surface area (Å²) in [5.74, 6) is 1.07. The molecule has 1 heterocycles. The Kier molecular flexibility index (Phi) is 4.96. The SMILES string of the molecule is O=C(CCOc1ccccc1)Nc1ccc2c(c1)NC(=O)CCO2. The van der Waals surface area contributed by atoms with Crippen LogP contribution in [0.1, 0.15) is 12.8 Å². The van der Waals surface area contributed by atoms with Gasteiger partial charge in [-0.25, -0.2) is 0 Å². The van der Waals surface area contributed by atoms with E-state index in [1.165, 1.54) is 0 Å². The lowest BCUT2D eigenvalue weighted by Gasteiger charge is -2.11. The summed E-state index contributed by atoms with van der Waals surface area (Å²) >= 11 is 0. The molecule has 124 valence electrons. The molecule has 0 saturated carbocycles. The molecule has 24 heavy (non-hydrogen) atoms. The van der Waals surface area contributed by atoms with Gasteiger partial charge in [-0.15, -0.1) is 0 Å². The largest absolute Gasteiger partial charge is 0.493 e. The van der Waals surface area contributed by atoms with E-state index in [1.54, 1.807) is 18.2 Å². The molecular formula is C18H18N2O4. The Morgan fingerprint density at radius 3 is 2.88 bits per heavy atom. The van der Waals surface area contributed by atoms with Crippen LogP contribution in [0, 0.1) is 0 Å². The van der Waals surface area contributed by atoms with E-state index < -0.39 is 0 Å². The molecule has 0 saturated heterocycles. The van der Waals surface area contributed by atoms with E-state index in [0.717, 1.165) is 5.75 Å². The van der Waals surface area contributed by atoms with Crippen molar-refractivity contribution in [2.75, 3.05) is 23.8 Å². The summed E-state index contributed by atoms with van der Waals surface area (Å²) < 4.78 is 11.0. The normalized spacial score (nSPS) is 13.1. The predicted octanol–water partition coefficient (Wildman–Crippen LogP) is 2.82. The summed E-state index contributed by atoms with van der Waals surface area (Å²) in [5, 5.41) is 5.55. The van der Waals surface area contributed by atoms with Crippen molar-refractivity contribution in [2.24, 2.45) is 0 Å². The van der Waals surface area contributed by atoms with E-state index in [1.807, 2.05) is 30.3 Å². The number of nitrogens with one attached hydrogen (secondary N) is 2. The number of amides is 2. The summed E-state index contributed by atoms with van der Waals surface area (Å²) in [6.07, 6.45) is 0.544. The molecule has 6 nitrogen and oxygen atoms in total. The van der Waals surface area contributed by atoms with Crippen LogP contribution < -0.4 is 20.1 Å². The van der Waals surface area contributed by atoms with Gasteiger partial charge in [-0.2, -0.15) is 0 Å². The number of carbonyl (C=O) groups is 2. The topological polar surface area (TPSA) is 76.7 Å². The van der Waals surface area contributed by atoms with Gasteiger partial charge in [-0.3, -0.25) is 9.59 Å². The third kappa shape index (κ3) is 4.25. The highest BCUT2D eigenvalue weighted by atomic mass is 16.5. The fourth-order valence-corrected chi connectivity index (χ4v) is 2.30. The summed E-state index contributed by atoms with van der Waals surface area (Å²) in [4.78, 5) is 23.6. The van der Waals surface area contributed by atoms with Crippen molar-refractivity contribution in [1.82, 2.24) is 0 Å². The van der Waals surface area contributed by atoms with E-state index in [9.17, 15) is 9.59 Å². The number of para-hydroxylation sites is 1. The second-order valence-corrected chi connectivity index (χ2v) is 5.32. The van der Waals surface area contributed by atoms with Crippen LogP contribution in [-0.2, 0) is 9.59 Å². The Bertz CT molecular complexity index is 731. The molecule has 1 aliphatic heterocycles. The van der Waals surface area contributed by atoms with Crippen molar-refractivity contribution in [3.05, 3.63) is 48.5 Å². The highest BCUT2D eigenvalue weighted by Crippen LogP contribution is 2.30. The van der Waals surface area contributed by atoms with Crippen molar-refractivity contribution in [2.45, 2.75) is 12.8 Å². The number of fused-ring (bicyclic) bond motifs is 1. The average Bonchev–Trinajstić information content (AvgIpc) is 2.76. The summed E-state index contributed by atoms with van der Waals surface area (Å²) in [6, 6.07) is 14.5. The molecule has 1 aliphatic rings. The van der Waals surface area contributed by atoms with Gasteiger partial charge in [0.05, 0.1) is 31.7 Å². The maximum absolute atomic E-state index is 12.0. The molecule has 0 atom stereocenters. The first-order chi connectivity index (χ1) is 11.7. The summed E-state index contributed by atoms with van der Waals surface area (Å²) in [6.45, 7) is 0.641. The number of hydrogen-bond donors (Lipinski definition) is 2. The van der Waals surface area contributed by atoms with E-state index in [4.69, 9.17) is 9.47 Å². The zero-order chi connectivity index (χ0) is 16.8. The second kappa shape index (κ2) is 7.50. The smallest absolute Gasteiger partial charge is 0.227 e. The van der Waals surface area contributed by atoms with Crippen LogP contribution in [0.15, 0.2) is 48.5 Å². The monoisotopic (exact) mass is 326 g/mol. The quantitative estimate of drug-likeness (QED) is 0.886. The zero-order valence-corrected chi connectivity index (χ0v) is 13.1. The van der Waals surface area contributed by atoms with Crippen molar-refractivity contribution < 1.29 is 19.1 Å². The molecule has 0 spiro atoms. The van der Waals surface area contributed by atoms with Crippen LogP contribution in [0.4, 0.5) is 11.4 Å². The number of hydrogen-bond acceptors (Lipinski definition) is 4. The molecule has 3 rings (SSSR count). The average molecular weight is 326 g/mol. The van der Waals surface area contributed by atoms with Gasteiger partial charge in [0.2, 0.25) is 11.8 Å². The van der Waals surface area contributed by atoms with E-state index in [-0.39, 0.29) is 18.2 Å². The van der Waals surface area contributed by atoms with Crippen molar-refractivity contribution in [3.63, 3.8) is 0 Å². The lowest BCUT2D eigenvalue weighted by atomic mass is 10.2. The van der Waals surface area contributed by atoms with Gasteiger partial charge in [-0.1, -0.05) is 18.2 Å². The first-order valence-electron chi connectivity index (χ1n) is 7.75. The van der Waals surface area contributed by atoms with Crippen LogP contribution >= 0.6 is 0 Å². The third-order valence-electron chi connectivity index (χ3n) is 3.47. The Morgan fingerprint density at radius 1 is 1.21 bits per heavy atom. The second-order valence-electron chi connectivity index (χ2n) is 5.32. The van der Waals surface area contributed by atoms with Gasteiger partial charge in [-0.05, 0) is 30.3 Å². The highest BCUT2D eigenvalue weighted by molar-refractivity contribution is 5.96. The molecule has 0 unspecified atom stereocenters. The fourth-order valence-electron chi connectivity index (χ4n) is 2.30. The standard InChI is InChI=1S/C18H18N2O4/c21-17(8-10-23-14-4-2-1-3-5-14)19-13-6-7-16-15(12-13)20-18(22)9-11-24-16/h1-7,12H,8-11H2,(H,19,21)(H,20,22). The minimum atomic E-state index is -0.160. The van der Waals surface area contributed by atoms with Gasteiger partial charge in [0.15, 0.2) is 0 Å². The van der Waals surface area contributed by atoms with E-state index in [2.05, 4.69) is 10.6 Å². The van der Waals surface area contributed by atoms with Crippen molar-refractivity contribution in [1.29, 1.82) is 0 Å². The fraction of sp³-hybridized carbons (Fsp3) is 0.222. The van der Waals surface area contributed by atoms with Crippen LogP contribution in [0.3, 0.4) is 0 Å². The van der Waals surface area contributed by atoms with Crippen LogP contribution in [0.2, 0.25) is 0 Å². The number of benzene rings is 2. The Balaban J connectivity index is 1.54. The van der Waals surface area contributed by atoms with E-state index in [0.29, 0.717) is 36.8 Å². The minimum Gasteiger partial charge on any atom is -0.493 e. The zero-order valence-electron chi connectivity index (χ0n) is 13.1. The maximum atomic E-state index is 12.0. The lowest BCUT2D eigenvalue weighted by molar-refractivity contribution is -0.117. The maximum Gasteiger partial charge on any atom is 0.227 e. The molecule has 2 aromatic carbocycles. The first-order valence-corrected chi connectivity index (χ1v) is 7.75. The van der Waals surface area contributed by atoms with Crippen LogP contribution in [-0.4, -0.2) is 25.0 Å². The highest BCUT2D eigenvalue weighted by Gasteiger charge is 2.14. The molecule has 2 N–H and O–H groups in total. The molecule has 0 fully saturated rings. The van der Waals surface area contributed by atoms with Gasteiger partial charge < -0.3 is 20.1 Å². The lowest BCUT2D eigenvalue weighted by Crippen LogP contribution is -2.15. The number of ether oxygens (including phenoxy) is 2. The molecule has 2 aromatic rings. The summed E-state index contributed by atoms with van der Waals surface area (Å²) in [5.41, 5.74) is 1.17. The molecule has 0 aromatic heterocycles. The number of carbonyl (C=O) groups excluding carboxylic acids is 2. The number of rotatable bonds is 5. The predicted molar refractivity (Wildman–Crippen MR) is 90.4 cm³/mol. The first kappa shape index (κ1) is 15.9. The molecule has 0 bridgehead atoms. The van der Waals surface area contributed by atoms with Crippen LogP contribution in [0.25, 0.3) is 0 Å². The molecular weight excluding hydrogens is 308 g/mol. The molecule has 0 radical (unpaired) electrons. The minimum absolute atomic E-state index is 0.103.